The summed E-state index contributed by atoms with van der Waals surface area (Å²) in [6, 6.07) is 6.35. The minimum absolute atomic E-state index is 0.113. The first-order chi connectivity index (χ1) is 9.02. The zero-order valence-corrected chi connectivity index (χ0v) is 11.2. The highest BCUT2D eigenvalue weighted by molar-refractivity contribution is 6.31. The monoisotopic (exact) mass is 279 g/mol. The van der Waals surface area contributed by atoms with Crippen LogP contribution in [-0.2, 0) is 13.1 Å². The Hall–Kier alpha value is -2.01. The van der Waals surface area contributed by atoms with Crippen molar-refractivity contribution in [1.29, 1.82) is 0 Å². The lowest BCUT2D eigenvalue weighted by molar-refractivity contribution is 0.600. The van der Waals surface area contributed by atoms with Crippen LogP contribution in [0.2, 0.25) is 5.02 Å². The summed E-state index contributed by atoms with van der Waals surface area (Å²) in [4.78, 5) is 23.9. The van der Waals surface area contributed by atoms with Crippen molar-refractivity contribution in [1.82, 2.24) is 9.13 Å². The van der Waals surface area contributed by atoms with Gasteiger partial charge in [0, 0.05) is 29.5 Å². The molecule has 6 heteroatoms. The van der Waals surface area contributed by atoms with Crippen LogP contribution in [0.1, 0.15) is 12.5 Å². The molecule has 5 nitrogen and oxygen atoms in total. The summed E-state index contributed by atoms with van der Waals surface area (Å²) < 4.78 is 2.60. The smallest absolute Gasteiger partial charge is 0.331 e. The molecule has 0 saturated carbocycles. The predicted octanol–water partition coefficient (Wildman–Crippen LogP) is 1.31. The number of anilines is 1. The lowest BCUT2D eigenvalue weighted by atomic mass is 10.2. The Morgan fingerprint density at radius 3 is 2.68 bits per heavy atom. The van der Waals surface area contributed by atoms with Gasteiger partial charge in [-0.3, -0.25) is 9.36 Å². The molecule has 0 fully saturated rings. The Morgan fingerprint density at radius 1 is 1.26 bits per heavy atom. The van der Waals surface area contributed by atoms with Crippen molar-refractivity contribution in [3.63, 3.8) is 0 Å². The van der Waals surface area contributed by atoms with E-state index in [0.717, 1.165) is 4.57 Å². The molecule has 2 N–H and O–H groups in total. The van der Waals surface area contributed by atoms with Gasteiger partial charge in [0.2, 0.25) is 0 Å². The van der Waals surface area contributed by atoms with E-state index in [4.69, 9.17) is 17.3 Å². The zero-order chi connectivity index (χ0) is 14.0. The Morgan fingerprint density at radius 2 is 2.00 bits per heavy atom. The third kappa shape index (κ3) is 2.71. The van der Waals surface area contributed by atoms with Crippen LogP contribution in [0.3, 0.4) is 0 Å². The molecule has 0 radical (unpaired) electrons. The first kappa shape index (κ1) is 13.4. The van der Waals surface area contributed by atoms with Crippen LogP contribution in [0.5, 0.6) is 0 Å². The Bertz CT molecular complexity index is 719. The molecule has 0 aliphatic rings. The first-order valence-electron chi connectivity index (χ1n) is 5.87. The second kappa shape index (κ2) is 5.32. The maximum Gasteiger partial charge on any atom is 0.331 e. The van der Waals surface area contributed by atoms with Gasteiger partial charge >= 0.3 is 5.69 Å². The Kier molecular flexibility index (Phi) is 3.76. The highest BCUT2D eigenvalue weighted by Gasteiger charge is 2.08. The third-order valence-electron chi connectivity index (χ3n) is 2.88. The van der Waals surface area contributed by atoms with Gasteiger partial charge in [-0.15, -0.1) is 0 Å². The van der Waals surface area contributed by atoms with Crippen LogP contribution in [0, 0.1) is 0 Å². The second-order valence-corrected chi connectivity index (χ2v) is 4.57. The maximum absolute atomic E-state index is 12.1. The number of rotatable bonds is 3. The minimum Gasteiger partial charge on any atom is -0.399 e. The van der Waals surface area contributed by atoms with Gasteiger partial charge in [-0.05, 0) is 30.7 Å². The largest absolute Gasteiger partial charge is 0.399 e. The van der Waals surface area contributed by atoms with Crippen LogP contribution in [0.4, 0.5) is 5.69 Å². The summed E-state index contributed by atoms with van der Waals surface area (Å²) >= 11 is 6.04. The summed E-state index contributed by atoms with van der Waals surface area (Å²) in [5.74, 6) is 0. The molecule has 0 bridgehead atoms. The summed E-state index contributed by atoms with van der Waals surface area (Å²) in [5, 5.41) is 0.479. The maximum atomic E-state index is 12.1. The Labute approximate surface area is 114 Å². The van der Waals surface area contributed by atoms with Gasteiger partial charge in [-0.1, -0.05) is 11.6 Å². The molecule has 0 spiro atoms. The molecule has 0 aliphatic carbocycles. The zero-order valence-electron chi connectivity index (χ0n) is 10.5. The number of hydrogen-bond acceptors (Lipinski definition) is 3. The van der Waals surface area contributed by atoms with E-state index in [0.29, 0.717) is 22.8 Å². The molecule has 0 amide bonds. The highest BCUT2D eigenvalue weighted by atomic mass is 35.5. The first-order valence-corrected chi connectivity index (χ1v) is 6.25. The molecule has 1 aromatic heterocycles. The number of aromatic nitrogens is 2. The topological polar surface area (TPSA) is 70.0 Å². The van der Waals surface area contributed by atoms with E-state index in [9.17, 15) is 9.59 Å². The molecule has 0 aliphatic heterocycles. The van der Waals surface area contributed by atoms with Crippen molar-refractivity contribution in [2.24, 2.45) is 0 Å². The lowest BCUT2D eigenvalue weighted by Crippen LogP contribution is -2.39. The van der Waals surface area contributed by atoms with Crippen LogP contribution in [0.15, 0.2) is 40.1 Å². The standard InChI is InChI=1S/C13H14ClN3O2/c1-2-16-6-5-12(18)17(13(16)19)8-9-7-10(15)3-4-11(9)14/h3-7H,2,8,15H2,1H3. The van der Waals surface area contributed by atoms with E-state index in [-0.39, 0.29) is 17.8 Å². The average Bonchev–Trinajstić information content (AvgIpc) is 2.38. The van der Waals surface area contributed by atoms with Gasteiger partial charge in [0.15, 0.2) is 0 Å². The molecule has 19 heavy (non-hydrogen) atoms. The molecule has 1 heterocycles. The highest BCUT2D eigenvalue weighted by Crippen LogP contribution is 2.18. The van der Waals surface area contributed by atoms with Crippen LogP contribution < -0.4 is 17.0 Å². The van der Waals surface area contributed by atoms with E-state index in [1.165, 1.54) is 16.8 Å². The fourth-order valence-corrected chi connectivity index (χ4v) is 2.01. The van der Waals surface area contributed by atoms with Gasteiger partial charge in [0.05, 0.1) is 6.54 Å². The minimum atomic E-state index is -0.354. The number of benzene rings is 1. The number of halogens is 1. The number of aryl methyl sites for hydroxylation is 1. The number of nitrogens with two attached hydrogens (primary N) is 1. The van der Waals surface area contributed by atoms with E-state index in [1.807, 2.05) is 6.92 Å². The van der Waals surface area contributed by atoms with Crippen molar-refractivity contribution < 1.29 is 0 Å². The summed E-state index contributed by atoms with van der Waals surface area (Å²) in [6.45, 7) is 2.45. The van der Waals surface area contributed by atoms with Crippen LogP contribution in [0.25, 0.3) is 0 Å². The number of nitrogen functional groups attached to an aromatic ring is 1. The third-order valence-corrected chi connectivity index (χ3v) is 3.25. The van der Waals surface area contributed by atoms with Gasteiger partial charge in [-0.25, -0.2) is 4.79 Å². The fourth-order valence-electron chi connectivity index (χ4n) is 1.83. The lowest BCUT2D eigenvalue weighted by Gasteiger charge is -2.10. The predicted molar refractivity (Wildman–Crippen MR) is 75.6 cm³/mol. The van der Waals surface area contributed by atoms with Gasteiger partial charge < -0.3 is 10.3 Å². The normalized spacial score (nSPS) is 10.6. The van der Waals surface area contributed by atoms with Crippen molar-refractivity contribution in [3.8, 4) is 0 Å². The fraction of sp³-hybridized carbons (Fsp3) is 0.231. The van der Waals surface area contributed by atoms with Gasteiger partial charge in [0.1, 0.15) is 0 Å². The quantitative estimate of drug-likeness (QED) is 0.862. The van der Waals surface area contributed by atoms with Crippen molar-refractivity contribution in [2.45, 2.75) is 20.0 Å². The van der Waals surface area contributed by atoms with Crippen molar-refractivity contribution in [3.05, 3.63) is 61.9 Å². The SMILES string of the molecule is CCn1ccc(=O)n(Cc2cc(N)ccc2Cl)c1=O. The van der Waals surface area contributed by atoms with Gasteiger partial charge in [-0.2, -0.15) is 0 Å². The summed E-state index contributed by atoms with van der Waals surface area (Å²) in [5.41, 5.74) is 6.17. The number of nitrogens with zero attached hydrogens (tertiary/aromatic N) is 2. The molecule has 2 rings (SSSR count). The molecular formula is C13H14ClN3O2. The number of hydrogen-bond donors (Lipinski definition) is 1. The van der Waals surface area contributed by atoms with Gasteiger partial charge in [0.25, 0.3) is 5.56 Å². The second-order valence-electron chi connectivity index (χ2n) is 4.16. The summed E-state index contributed by atoms with van der Waals surface area (Å²) in [6.07, 6.45) is 1.49. The molecular weight excluding hydrogens is 266 g/mol. The van der Waals surface area contributed by atoms with E-state index in [1.54, 1.807) is 18.2 Å². The van der Waals surface area contributed by atoms with Crippen LogP contribution in [-0.4, -0.2) is 9.13 Å². The molecule has 1 aromatic carbocycles. The van der Waals surface area contributed by atoms with Crippen molar-refractivity contribution >= 4 is 17.3 Å². The average molecular weight is 280 g/mol. The van der Waals surface area contributed by atoms with E-state index >= 15 is 0 Å². The molecule has 0 atom stereocenters. The Balaban J connectivity index is 2.52. The summed E-state index contributed by atoms with van der Waals surface area (Å²) in [7, 11) is 0. The molecule has 100 valence electrons. The van der Waals surface area contributed by atoms with Crippen molar-refractivity contribution in [2.75, 3.05) is 5.73 Å². The van der Waals surface area contributed by atoms with E-state index < -0.39 is 0 Å². The van der Waals surface area contributed by atoms with E-state index in [2.05, 4.69) is 0 Å². The van der Waals surface area contributed by atoms with Crippen LogP contribution >= 0.6 is 11.6 Å². The molecule has 0 unspecified atom stereocenters. The molecule has 0 saturated heterocycles. The molecule has 2 aromatic rings.